The van der Waals surface area contributed by atoms with Gasteiger partial charge in [0.2, 0.25) is 0 Å². The molecule has 0 fully saturated rings. The van der Waals surface area contributed by atoms with E-state index >= 15 is 0 Å². The maximum atomic E-state index is 13.0. The maximum Gasteiger partial charge on any atom is 0.416 e. The van der Waals surface area contributed by atoms with Crippen LogP contribution in [0.5, 0.6) is 5.75 Å². The summed E-state index contributed by atoms with van der Waals surface area (Å²) in [5.41, 5.74) is 7.27. The summed E-state index contributed by atoms with van der Waals surface area (Å²) in [4.78, 5) is 0. The standard InChI is InChI=1S/C19H17F3N2O/c1-24-15(10-12-6-3-2-4-7-12)17(25)16(18(24)23)13-8-5-9-14(11-13)19(20,21)22/h2-9,11,25H,10,23H2,1H3. The first kappa shape index (κ1) is 17.0. The molecular weight excluding hydrogens is 329 g/mol. The van der Waals surface area contributed by atoms with E-state index in [-0.39, 0.29) is 22.7 Å². The minimum atomic E-state index is -4.46. The van der Waals surface area contributed by atoms with Gasteiger partial charge in [-0.1, -0.05) is 42.5 Å². The van der Waals surface area contributed by atoms with Gasteiger partial charge in [0.1, 0.15) is 11.6 Å². The lowest BCUT2D eigenvalue weighted by Crippen LogP contribution is -2.05. The highest BCUT2D eigenvalue weighted by molar-refractivity contribution is 5.83. The second-order valence-electron chi connectivity index (χ2n) is 5.86. The zero-order valence-corrected chi connectivity index (χ0v) is 13.5. The molecule has 3 nitrogen and oxygen atoms in total. The van der Waals surface area contributed by atoms with Crippen LogP contribution in [0.3, 0.4) is 0 Å². The van der Waals surface area contributed by atoms with Gasteiger partial charge in [-0.25, -0.2) is 0 Å². The second-order valence-corrected chi connectivity index (χ2v) is 5.86. The number of benzene rings is 2. The van der Waals surface area contributed by atoms with Crippen molar-refractivity contribution in [3.63, 3.8) is 0 Å². The number of aromatic hydroxyl groups is 1. The molecule has 0 amide bonds. The molecule has 3 aromatic rings. The quantitative estimate of drug-likeness (QED) is 0.729. The van der Waals surface area contributed by atoms with Gasteiger partial charge >= 0.3 is 6.18 Å². The number of alkyl halides is 3. The summed E-state index contributed by atoms with van der Waals surface area (Å²) in [6.07, 6.45) is -4.03. The first-order chi connectivity index (χ1) is 11.8. The van der Waals surface area contributed by atoms with Gasteiger partial charge in [0.15, 0.2) is 0 Å². The summed E-state index contributed by atoms with van der Waals surface area (Å²) >= 11 is 0. The molecule has 0 aliphatic rings. The summed E-state index contributed by atoms with van der Waals surface area (Å²) in [7, 11) is 1.68. The first-order valence-corrected chi connectivity index (χ1v) is 7.66. The van der Waals surface area contributed by atoms with E-state index in [1.54, 1.807) is 11.6 Å². The van der Waals surface area contributed by atoms with Gasteiger partial charge in [-0.2, -0.15) is 13.2 Å². The van der Waals surface area contributed by atoms with Crippen molar-refractivity contribution in [2.75, 3.05) is 5.73 Å². The Bertz CT molecular complexity index is 899. The Morgan fingerprint density at radius 2 is 1.72 bits per heavy atom. The monoisotopic (exact) mass is 346 g/mol. The zero-order valence-electron chi connectivity index (χ0n) is 13.5. The Kier molecular flexibility index (Phi) is 4.20. The SMILES string of the molecule is Cn1c(N)c(-c2cccc(C(F)(F)F)c2)c(O)c1Cc1ccccc1. The van der Waals surface area contributed by atoms with Crippen molar-refractivity contribution >= 4 is 5.82 Å². The summed E-state index contributed by atoms with van der Waals surface area (Å²) in [5.74, 6) is 0.130. The Labute approximate surface area is 143 Å². The lowest BCUT2D eigenvalue weighted by atomic mass is 10.0. The van der Waals surface area contributed by atoms with E-state index in [2.05, 4.69) is 0 Å². The van der Waals surface area contributed by atoms with E-state index in [4.69, 9.17) is 5.73 Å². The number of nitrogen functional groups attached to an aromatic ring is 1. The van der Waals surface area contributed by atoms with Gasteiger partial charge in [-0.05, 0) is 23.3 Å². The van der Waals surface area contributed by atoms with Crippen LogP contribution in [0.4, 0.5) is 19.0 Å². The van der Waals surface area contributed by atoms with Crippen LogP contribution in [0, 0.1) is 0 Å². The van der Waals surface area contributed by atoms with Crippen LogP contribution < -0.4 is 5.73 Å². The highest BCUT2D eigenvalue weighted by Crippen LogP contribution is 2.42. The summed E-state index contributed by atoms with van der Waals surface area (Å²) in [6.45, 7) is 0. The molecule has 0 saturated carbocycles. The number of aromatic nitrogens is 1. The van der Waals surface area contributed by atoms with E-state index in [1.807, 2.05) is 30.3 Å². The number of halogens is 3. The molecule has 6 heteroatoms. The number of nitrogens with zero attached hydrogens (tertiary/aromatic N) is 1. The second kappa shape index (κ2) is 6.20. The van der Waals surface area contributed by atoms with Crippen LogP contribution >= 0.6 is 0 Å². The fraction of sp³-hybridized carbons (Fsp3) is 0.158. The van der Waals surface area contributed by atoms with E-state index in [0.717, 1.165) is 17.7 Å². The molecule has 2 aromatic carbocycles. The summed E-state index contributed by atoms with van der Waals surface area (Å²) in [5, 5.41) is 10.6. The van der Waals surface area contributed by atoms with Crippen molar-refractivity contribution in [1.82, 2.24) is 4.57 Å². The predicted molar refractivity (Wildman–Crippen MR) is 91.2 cm³/mol. The molecule has 25 heavy (non-hydrogen) atoms. The van der Waals surface area contributed by atoms with Crippen LogP contribution in [-0.2, 0) is 19.6 Å². The third kappa shape index (κ3) is 3.20. The zero-order chi connectivity index (χ0) is 18.2. The maximum absolute atomic E-state index is 13.0. The summed E-state index contributed by atoms with van der Waals surface area (Å²) in [6, 6.07) is 14.3. The van der Waals surface area contributed by atoms with Gasteiger partial charge in [0, 0.05) is 13.5 Å². The fourth-order valence-electron chi connectivity index (χ4n) is 2.86. The van der Waals surface area contributed by atoms with Crippen LogP contribution in [0.2, 0.25) is 0 Å². The molecule has 3 N–H and O–H groups in total. The lowest BCUT2D eigenvalue weighted by molar-refractivity contribution is -0.137. The number of rotatable bonds is 3. The normalized spacial score (nSPS) is 11.7. The van der Waals surface area contributed by atoms with Crippen LogP contribution in [0.1, 0.15) is 16.8 Å². The average molecular weight is 346 g/mol. The van der Waals surface area contributed by atoms with Crippen LogP contribution in [0.25, 0.3) is 11.1 Å². The number of nitrogens with two attached hydrogens (primary N) is 1. The number of hydrogen-bond donors (Lipinski definition) is 2. The van der Waals surface area contributed by atoms with E-state index in [9.17, 15) is 18.3 Å². The first-order valence-electron chi connectivity index (χ1n) is 7.66. The largest absolute Gasteiger partial charge is 0.505 e. The number of hydrogen-bond acceptors (Lipinski definition) is 2. The molecule has 1 heterocycles. The Balaban J connectivity index is 2.08. The Hall–Kier alpha value is -2.89. The molecule has 0 unspecified atom stereocenters. The van der Waals surface area contributed by atoms with Crippen LogP contribution in [0.15, 0.2) is 54.6 Å². The minimum Gasteiger partial charge on any atom is -0.505 e. The molecule has 0 atom stereocenters. The molecule has 0 spiro atoms. The highest BCUT2D eigenvalue weighted by Gasteiger charge is 2.31. The van der Waals surface area contributed by atoms with Gasteiger partial charge < -0.3 is 15.4 Å². The van der Waals surface area contributed by atoms with Crippen LogP contribution in [-0.4, -0.2) is 9.67 Å². The third-order valence-electron chi connectivity index (χ3n) is 4.23. The fourth-order valence-corrected chi connectivity index (χ4v) is 2.86. The van der Waals surface area contributed by atoms with Gasteiger partial charge in [-0.3, -0.25) is 0 Å². The molecule has 0 saturated heterocycles. The molecule has 0 aliphatic heterocycles. The molecule has 3 rings (SSSR count). The highest BCUT2D eigenvalue weighted by atomic mass is 19.4. The molecule has 0 radical (unpaired) electrons. The lowest BCUT2D eigenvalue weighted by Gasteiger charge is -2.09. The summed E-state index contributed by atoms with van der Waals surface area (Å²) < 4.78 is 40.5. The van der Waals surface area contributed by atoms with Gasteiger partial charge in [0.05, 0.1) is 16.8 Å². The van der Waals surface area contributed by atoms with Crippen molar-refractivity contribution in [1.29, 1.82) is 0 Å². The van der Waals surface area contributed by atoms with Crippen molar-refractivity contribution < 1.29 is 18.3 Å². The van der Waals surface area contributed by atoms with Crippen molar-refractivity contribution in [3.05, 3.63) is 71.4 Å². The van der Waals surface area contributed by atoms with E-state index < -0.39 is 11.7 Å². The predicted octanol–water partition coefficient (Wildman–Crippen LogP) is 4.59. The molecule has 0 bridgehead atoms. The van der Waals surface area contributed by atoms with E-state index in [1.165, 1.54) is 12.1 Å². The van der Waals surface area contributed by atoms with Crippen molar-refractivity contribution in [2.45, 2.75) is 12.6 Å². The molecule has 1 aromatic heterocycles. The Morgan fingerprint density at radius 1 is 1.04 bits per heavy atom. The Morgan fingerprint density at radius 3 is 2.36 bits per heavy atom. The smallest absolute Gasteiger partial charge is 0.416 e. The average Bonchev–Trinajstić information content (AvgIpc) is 2.79. The third-order valence-corrected chi connectivity index (χ3v) is 4.23. The van der Waals surface area contributed by atoms with E-state index in [0.29, 0.717) is 12.1 Å². The van der Waals surface area contributed by atoms with Crippen molar-refractivity contribution in [3.8, 4) is 16.9 Å². The molecular formula is C19H17F3N2O. The minimum absolute atomic E-state index is 0.0943. The topological polar surface area (TPSA) is 51.2 Å². The number of anilines is 1. The molecule has 130 valence electrons. The molecule has 0 aliphatic carbocycles. The van der Waals surface area contributed by atoms with Gasteiger partial charge in [0.25, 0.3) is 0 Å². The van der Waals surface area contributed by atoms with Gasteiger partial charge in [-0.15, -0.1) is 0 Å². The van der Waals surface area contributed by atoms with Crippen molar-refractivity contribution in [2.24, 2.45) is 7.05 Å².